The molecule has 1 aromatic rings. The summed E-state index contributed by atoms with van der Waals surface area (Å²) in [4.78, 5) is 4.32. The molecule has 0 spiro atoms. The molecule has 3 heteroatoms. The van der Waals surface area contributed by atoms with Crippen molar-refractivity contribution < 1.29 is 0 Å². The second-order valence-electron chi connectivity index (χ2n) is 2.89. The van der Waals surface area contributed by atoms with Crippen molar-refractivity contribution in [3.63, 3.8) is 0 Å². The molecule has 0 radical (unpaired) electrons. The van der Waals surface area contributed by atoms with Gasteiger partial charge < -0.3 is 11.5 Å². The van der Waals surface area contributed by atoms with E-state index in [4.69, 9.17) is 11.5 Å². The van der Waals surface area contributed by atoms with Gasteiger partial charge in [0.2, 0.25) is 0 Å². The molecular formula is C9H15N3. The summed E-state index contributed by atoms with van der Waals surface area (Å²) < 4.78 is 0. The van der Waals surface area contributed by atoms with E-state index in [0.29, 0.717) is 13.1 Å². The number of aryl methyl sites for hydroxylation is 2. The number of hydrogen-bond donors (Lipinski definition) is 2. The highest BCUT2D eigenvalue weighted by molar-refractivity contribution is 5.31. The predicted molar refractivity (Wildman–Crippen MR) is 49.5 cm³/mol. The Bertz CT molecular complexity index is 281. The monoisotopic (exact) mass is 165 g/mol. The molecule has 0 fully saturated rings. The standard InChI is InChI=1S/C9H15N3/c1-6-3-8(4-10)9(5-11)7(2)12-6/h3H,4-5,10-11H2,1-2H3. The molecule has 4 N–H and O–H groups in total. The van der Waals surface area contributed by atoms with Gasteiger partial charge in [0.25, 0.3) is 0 Å². The van der Waals surface area contributed by atoms with E-state index in [2.05, 4.69) is 4.98 Å². The summed E-state index contributed by atoms with van der Waals surface area (Å²) in [6.45, 7) is 4.99. The summed E-state index contributed by atoms with van der Waals surface area (Å²) in [7, 11) is 0. The molecule has 1 aromatic heterocycles. The summed E-state index contributed by atoms with van der Waals surface area (Å²) >= 11 is 0. The molecule has 0 atom stereocenters. The van der Waals surface area contributed by atoms with Gasteiger partial charge in [0.15, 0.2) is 0 Å². The van der Waals surface area contributed by atoms with Crippen LogP contribution in [0.25, 0.3) is 0 Å². The van der Waals surface area contributed by atoms with Gasteiger partial charge in [0, 0.05) is 24.5 Å². The molecule has 0 aromatic carbocycles. The quantitative estimate of drug-likeness (QED) is 0.675. The van der Waals surface area contributed by atoms with E-state index in [1.807, 2.05) is 19.9 Å². The molecule has 0 bridgehead atoms. The Labute approximate surface area is 72.8 Å². The van der Waals surface area contributed by atoms with E-state index in [0.717, 1.165) is 22.5 Å². The van der Waals surface area contributed by atoms with Crippen molar-refractivity contribution in [1.82, 2.24) is 4.98 Å². The lowest BCUT2D eigenvalue weighted by atomic mass is 10.1. The van der Waals surface area contributed by atoms with Gasteiger partial charge in [-0.1, -0.05) is 0 Å². The molecule has 0 amide bonds. The highest BCUT2D eigenvalue weighted by atomic mass is 14.7. The molecule has 0 aliphatic heterocycles. The molecule has 66 valence electrons. The van der Waals surface area contributed by atoms with Crippen molar-refractivity contribution in [1.29, 1.82) is 0 Å². The van der Waals surface area contributed by atoms with E-state index in [-0.39, 0.29) is 0 Å². The van der Waals surface area contributed by atoms with Gasteiger partial charge in [-0.05, 0) is 31.0 Å². The molecule has 0 aliphatic rings. The van der Waals surface area contributed by atoms with Crippen LogP contribution in [0.15, 0.2) is 6.07 Å². The van der Waals surface area contributed by atoms with Crippen LogP contribution in [0.4, 0.5) is 0 Å². The third-order valence-electron chi connectivity index (χ3n) is 1.98. The van der Waals surface area contributed by atoms with Crippen LogP contribution in [0.2, 0.25) is 0 Å². The van der Waals surface area contributed by atoms with Crippen LogP contribution < -0.4 is 11.5 Å². The zero-order chi connectivity index (χ0) is 9.14. The van der Waals surface area contributed by atoms with Gasteiger partial charge in [-0.2, -0.15) is 0 Å². The SMILES string of the molecule is Cc1cc(CN)c(CN)c(C)n1. The maximum absolute atomic E-state index is 5.58. The van der Waals surface area contributed by atoms with Gasteiger partial charge >= 0.3 is 0 Å². The molecular weight excluding hydrogens is 150 g/mol. The lowest BCUT2D eigenvalue weighted by Crippen LogP contribution is -2.10. The Morgan fingerprint density at radius 3 is 2.42 bits per heavy atom. The maximum atomic E-state index is 5.58. The van der Waals surface area contributed by atoms with Crippen LogP contribution in [0, 0.1) is 13.8 Å². The fourth-order valence-electron chi connectivity index (χ4n) is 1.40. The van der Waals surface area contributed by atoms with Crippen LogP contribution in [0.1, 0.15) is 22.5 Å². The smallest absolute Gasteiger partial charge is 0.0423 e. The van der Waals surface area contributed by atoms with Crippen LogP contribution in [0.5, 0.6) is 0 Å². The average molecular weight is 165 g/mol. The van der Waals surface area contributed by atoms with Crippen molar-refractivity contribution in [2.24, 2.45) is 11.5 Å². The highest BCUT2D eigenvalue weighted by Gasteiger charge is 2.04. The van der Waals surface area contributed by atoms with Crippen molar-refractivity contribution in [3.05, 3.63) is 28.6 Å². The number of pyridine rings is 1. The first-order valence-corrected chi connectivity index (χ1v) is 4.05. The summed E-state index contributed by atoms with van der Waals surface area (Å²) in [5.41, 5.74) is 15.4. The summed E-state index contributed by atoms with van der Waals surface area (Å²) in [6.07, 6.45) is 0. The number of nitrogens with two attached hydrogens (primary N) is 2. The molecule has 1 rings (SSSR count). The normalized spacial score (nSPS) is 10.3. The van der Waals surface area contributed by atoms with Crippen molar-refractivity contribution in [3.8, 4) is 0 Å². The highest BCUT2D eigenvalue weighted by Crippen LogP contribution is 2.12. The van der Waals surface area contributed by atoms with Crippen LogP contribution in [-0.2, 0) is 13.1 Å². The first-order chi connectivity index (χ1) is 5.69. The topological polar surface area (TPSA) is 64.9 Å². The number of aromatic nitrogens is 1. The second kappa shape index (κ2) is 3.65. The minimum atomic E-state index is 0.519. The molecule has 0 saturated heterocycles. The first-order valence-electron chi connectivity index (χ1n) is 4.05. The Morgan fingerprint density at radius 2 is 1.92 bits per heavy atom. The predicted octanol–water partition coefficient (Wildman–Crippen LogP) is 0.616. The summed E-state index contributed by atoms with van der Waals surface area (Å²) in [6, 6.07) is 2.00. The lowest BCUT2D eigenvalue weighted by Gasteiger charge is -2.09. The zero-order valence-corrected chi connectivity index (χ0v) is 7.59. The van der Waals surface area contributed by atoms with E-state index < -0.39 is 0 Å². The number of rotatable bonds is 2. The fraction of sp³-hybridized carbons (Fsp3) is 0.444. The largest absolute Gasteiger partial charge is 0.326 e. The maximum Gasteiger partial charge on any atom is 0.0423 e. The Morgan fingerprint density at radius 1 is 1.25 bits per heavy atom. The van der Waals surface area contributed by atoms with Gasteiger partial charge in [-0.3, -0.25) is 4.98 Å². The first kappa shape index (κ1) is 9.16. The van der Waals surface area contributed by atoms with Gasteiger partial charge in [-0.15, -0.1) is 0 Å². The molecule has 1 heterocycles. The Hall–Kier alpha value is -0.930. The molecule has 3 nitrogen and oxygen atoms in total. The number of nitrogens with zero attached hydrogens (tertiary/aromatic N) is 1. The van der Waals surface area contributed by atoms with Gasteiger partial charge in [-0.25, -0.2) is 0 Å². The molecule has 0 saturated carbocycles. The fourth-order valence-corrected chi connectivity index (χ4v) is 1.40. The Kier molecular flexibility index (Phi) is 2.78. The lowest BCUT2D eigenvalue weighted by molar-refractivity contribution is 0.923. The van der Waals surface area contributed by atoms with E-state index >= 15 is 0 Å². The zero-order valence-electron chi connectivity index (χ0n) is 7.59. The van der Waals surface area contributed by atoms with Crippen LogP contribution >= 0.6 is 0 Å². The average Bonchev–Trinajstić information content (AvgIpc) is 2.03. The summed E-state index contributed by atoms with van der Waals surface area (Å²) in [5, 5.41) is 0. The second-order valence-corrected chi connectivity index (χ2v) is 2.89. The van der Waals surface area contributed by atoms with Crippen molar-refractivity contribution in [2.45, 2.75) is 26.9 Å². The third kappa shape index (κ3) is 1.62. The van der Waals surface area contributed by atoms with E-state index in [1.165, 1.54) is 0 Å². The minimum absolute atomic E-state index is 0.519. The van der Waals surface area contributed by atoms with E-state index in [1.54, 1.807) is 0 Å². The summed E-state index contributed by atoms with van der Waals surface area (Å²) in [5.74, 6) is 0. The molecule has 0 aliphatic carbocycles. The van der Waals surface area contributed by atoms with Gasteiger partial charge in [0.05, 0.1) is 0 Å². The van der Waals surface area contributed by atoms with Crippen LogP contribution in [0.3, 0.4) is 0 Å². The molecule has 12 heavy (non-hydrogen) atoms. The van der Waals surface area contributed by atoms with E-state index in [9.17, 15) is 0 Å². The van der Waals surface area contributed by atoms with Crippen molar-refractivity contribution in [2.75, 3.05) is 0 Å². The minimum Gasteiger partial charge on any atom is -0.326 e. The third-order valence-corrected chi connectivity index (χ3v) is 1.98. The Balaban J connectivity index is 3.24. The van der Waals surface area contributed by atoms with Crippen molar-refractivity contribution >= 4 is 0 Å². The number of hydrogen-bond acceptors (Lipinski definition) is 3. The molecule has 0 unspecified atom stereocenters. The van der Waals surface area contributed by atoms with Gasteiger partial charge in [0.1, 0.15) is 0 Å². The van der Waals surface area contributed by atoms with Crippen LogP contribution in [-0.4, -0.2) is 4.98 Å².